The van der Waals surface area contributed by atoms with Crippen LogP contribution in [0, 0.1) is 11.8 Å². The first kappa shape index (κ1) is 25.0. The maximum absolute atomic E-state index is 12.5. The Labute approximate surface area is 194 Å². The summed E-state index contributed by atoms with van der Waals surface area (Å²) < 4.78 is 11.1. The molecular weight excluding hydrogens is 402 g/mol. The fourth-order valence-corrected chi connectivity index (χ4v) is 6.42. The molecule has 32 heavy (non-hydrogen) atoms. The van der Waals surface area contributed by atoms with E-state index in [0.29, 0.717) is 11.7 Å². The van der Waals surface area contributed by atoms with Gasteiger partial charge >= 0.3 is 5.97 Å². The van der Waals surface area contributed by atoms with Crippen molar-refractivity contribution in [3.8, 4) is 5.75 Å². The van der Waals surface area contributed by atoms with E-state index in [4.69, 9.17) is 9.47 Å². The van der Waals surface area contributed by atoms with Gasteiger partial charge in [0, 0.05) is 25.0 Å². The van der Waals surface area contributed by atoms with Gasteiger partial charge in [-0.15, -0.1) is 0 Å². The van der Waals surface area contributed by atoms with Crippen molar-refractivity contribution >= 4 is 5.97 Å². The second-order valence-electron chi connectivity index (χ2n) is 9.86. The lowest BCUT2D eigenvalue weighted by Crippen LogP contribution is -2.59. The van der Waals surface area contributed by atoms with Gasteiger partial charge in [-0.05, 0) is 61.4 Å². The number of rotatable bonds is 10. The highest BCUT2D eigenvalue weighted by atomic mass is 16.5. The van der Waals surface area contributed by atoms with Gasteiger partial charge in [-0.3, -0.25) is 4.79 Å². The second kappa shape index (κ2) is 11.5. The van der Waals surface area contributed by atoms with Crippen molar-refractivity contribution in [2.75, 3.05) is 20.8 Å². The van der Waals surface area contributed by atoms with Gasteiger partial charge in [-0.2, -0.15) is 0 Å². The van der Waals surface area contributed by atoms with Gasteiger partial charge in [0.25, 0.3) is 0 Å². The van der Waals surface area contributed by atoms with E-state index < -0.39 is 0 Å². The van der Waals surface area contributed by atoms with Gasteiger partial charge in [0.1, 0.15) is 5.75 Å². The lowest BCUT2D eigenvalue weighted by Gasteiger charge is -2.49. The molecule has 0 heterocycles. The molecule has 180 valence electrons. The van der Waals surface area contributed by atoms with Crippen molar-refractivity contribution in [1.82, 2.24) is 5.32 Å². The van der Waals surface area contributed by atoms with Crippen LogP contribution in [0.5, 0.6) is 5.75 Å². The minimum absolute atomic E-state index is 0.0471. The molecule has 2 N–H and O–H groups in total. The predicted octanol–water partition coefficient (Wildman–Crippen LogP) is 5.13. The van der Waals surface area contributed by atoms with Gasteiger partial charge in [0.05, 0.1) is 19.1 Å². The Bertz CT molecular complexity index is 739. The zero-order valence-corrected chi connectivity index (χ0v) is 20.5. The highest BCUT2D eigenvalue weighted by Crippen LogP contribution is 2.44. The molecule has 2 aliphatic rings. The number of benzene rings is 1. The van der Waals surface area contributed by atoms with Crippen LogP contribution >= 0.6 is 0 Å². The lowest BCUT2D eigenvalue weighted by molar-refractivity contribution is -0.146. The Morgan fingerprint density at radius 3 is 2.53 bits per heavy atom. The van der Waals surface area contributed by atoms with Crippen molar-refractivity contribution < 1.29 is 19.4 Å². The number of phenols is 1. The summed E-state index contributed by atoms with van der Waals surface area (Å²) in [6, 6.07) is 5.90. The Morgan fingerprint density at radius 1 is 1.19 bits per heavy atom. The SMILES string of the molecule is CCC1(CC)c2cc(O)ccc2C[C@H](OC)[C@H]1NCC[C@@H](CC1CCCCC1)C(=O)OC. The molecule has 5 heteroatoms. The van der Waals surface area contributed by atoms with E-state index in [9.17, 15) is 9.90 Å². The van der Waals surface area contributed by atoms with Crippen LogP contribution in [0.2, 0.25) is 0 Å². The minimum Gasteiger partial charge on any atom is -0.508 e. The first-order valence-electron chi connectivity index (χ1n) is 12.6. The third-order valence-corrected chi connectivity index (χ3v) is 8.32. The normalized spacial score (nSPS) is 24.0. The van der Waals surface area contributed by atoms with Crippen LogP contribution in [0.25, 0.3) is 0 Å². The van der Waals surface area contributed by atoms with Crippen molar-refractivity contribution in [2.45, 2.75) is 95.6 Å². The van der Waals surface area contributed by atoms with E-state index in [0.717, 1.165) is 38.6 Å². The number of esters is 1. The van der Waals surface area contributed by atoms with E-state index in [1.807, 2.05) is 12.1 Å². The predicted molar refractivity (Wildman–Crippen MR) is 128 cm³/mol. The number of nitrogens with one attached hydrogen (secondary N) is 1. The number of fused-ring (bicyclic) bond motifs is 1. The van der Waals surface area contributed by atoms with Crippen LogP contribution < -0.4 is 5.32 Å². The third kappa shape index (κ3) is 5.31. The van der Waals surface area contributed by atoms with E-state index in [2.05, 4.69) is 19.2 Å². The summed E-state index contributed by atoms with van der Waals surface area (Å²) in [5.74, 6) is 0.850. The number of carbonyl (C=O) groups excluding carboxylic acids is 1. The molecule has 1 aromatic rings. The number of hydrogen-bond acceptors (Lipinski definition) is 5. The molecule has 5 nitrogen and oxygen atoms in total. The quantitative estimate of drug-likeness (QED) is 0.489. The summed E-state index contributed by atoms with van der Waals surface area (Å²) in [7, 11) is 3.30. The Kier molecular flexibility index (Phi) is 9.01. The average molecular weight is 446 g/mol. The summed E-state index contributed by atoms with van der Waals surface area (Å²) in [5.41, 5.74) is 2.39. The highest BCUT2D eigenvalue weighted by Gasteiger charge is 2.46. The third-order valence-electron chi connectivity index (χ3n) is 8.32. The molecule has 1 fully saturated rings. The molecule has 1 aromatic carbocycles. The van der Waals surface area contributed by atoms with Crippen LogP contribution in [-0.2, 0) is 26.1 Å². The van der Waals surface area contributed by atoms with Crippen molar-refractivity contribution in [3.63, 3.8) is 0 Å². The molecule has 0 aromatic heterocycles. The number of methoxy groups -OCH3 is 2. The summed E-state index contributed by atoms with van der Waals surface area (Å²) in [4.78, 5) is 12.5. The first-order chi connectivity index (χ1) is 15.5. The van der Waals surface area contributed by atoms with Crippen LogP contribution in [0.4, 0.5) is 0 Å². The molecule has 3 rings (SSSR count). The number of carbonyl (C=O) groups is 1. The summed E-state index contributed by atoms with van der Waals surface area (Å²) >= 11 is 0. The van der Waals surface area contributed by atoms with Crippen molar-refractivity contribution in [3.05, 3.63) is 29.3 Å². The Balaban J connectivity index is 1.75. The molecule has 2 aliphatic carbocycles. The molecule has 0 saturated heterocycles. The zero-order chi connectivity index (χ0) is 23.1. The van der Waals surface area contributed by atoms with Crippen molar-refractivity contribution in [2.24, 2.45) is 11.8 Å². The summed E-state index contributed by atoms with van der Waals surface area (Å²) in [6.45, 7) is 5.21. The molecular formula is C27H43NO4. The molecule has 0 bridgehead atoms. The number of aromatic hydroxyl groups is 1. The monoisotopic (exact) mass is 445 g/mol. The van der Waals surface area contributed by atoms with E-state index in [1.165, 1.54) is 50.3 Å². The fraction of sp³-hybridized carbons (Fsp3) is 0.741. The molecule has 0 spiro atoms. The van der Waals surface area contributed by atoms with Crippen LogP contribution in [0.1, 0.15) is 82.8 Å². The highest BCUT2D eigenvalue weighted by molar-refractivity contribution is 5.72. The Morgan fingerprint density at radius 2 is 1.91 bits per heavy atom. The average Bonchev–Trinajstić information content (AvgIpc) is 2.83. The van der Waals surface area contributed by atoms with E-state index in [1.54, 1.807) is 13.2 Å². The summed E-state index contributed by atoms with van der Waals surface area (Å²) in [5, 5.41) is 14.0. The smallest absolute Gasteiger partial charge is 0.308 e. The topological polar surface area (TPSA) is 67.8 Å². The molecule has 3 atom stereocenters. The molecule has 0 amide bonds. The van der Waals surface area contributed by atoms with Gasteiger partial charge in [0.15, 0.2) is 0 Å². The molecule has 1 saturated carbocycles. The lowest BCUT2D eigenvalue weighted by atomic mass is 9.62. The number of phenolic OH excluding ortho intramolecular Hbond substituents is 1. The maximum atomic E-state index is 12.5. The van der Waals surface area contributed by atoms with Gasteiger partial charge in [0.2, 0.25) is 0 Å². The van der Waals surface area contributed by atoms with Crippen LogP contribution in [-0.4, -0.2) is 44.0 Å². The zero-order valence-electron chi connectivity index (χ0n) is 20.5. The fourth-order valence-electron chi connectivity index (χ4n) is 6.42. The van der Waals surface area contributed by atoms with Crippen molar-refractivity contribution in [1.29, 1.82) is 0 Å². The first-order valence-corrected chi connectivity index (χ1v) is 12.6. The second-order valence-corrected chi connectivity index (χ2v) is 9.86. The molecule has 0 aliphatic heterocycles. The minimum atomic E-state index is -0.114. The number of hydrogen-bond donors (Lipinski definition) is 2. The Hall–Kier alpha value is -1.59. The van der Waals surface area contributed by atoms with Gasteiger partial charge < -0.3 is 19.9 Å². The number of ether oxygens (including phenoxy) is 2. The molecule has 0 radical (unpaired) electrons. The van der Waals surface area contributed by atoms with Gasteiger partial charge in [-0.1, -0.05) is 52.0 Å². The van der Waals surface area contributed by atoms with Crippen LogP contribution in [0.3, 0.4) is 0 Å². The standard InChI is InChI=1S/C27H43NO4/c1-5-27(6-2)23-18-22(29)13-12-20(23)17-24(31-3)25(27)28-15-14-21(26(30)32-4)16-19-10-8-7-9-11-19/h12-13,18-19,21,24-25,28-29H,5-11,14-17H2,1-4H3/t21-,24-,25+/m0/s1. The summed E-state index contributed by atoms with van der Waals surface area (Å²) in [6.07, 6.45) is 10.9. The maximum Gasteiger partial charge on any atom is 0.308 e. The van der Waals surface area contributed by atoms with E-state index >= 15 is 0 Å². The van der Waals surface area contributed by atoms with E-state index in [-0.39, 0.29) is 29.4 Å². The molecule has 0 unspecified atom stereocenters. The van der Waals surface area contributed by atoms with Gasteiger partial charge in [-0.25, -0.2) is 0 Å². The van der Waals surface area contributed by atoms with Crippen LogP contribution in [0.15, 0.2) is 18.2 Å². The largest absolute Gasteiger partial charge is 0.508 e.